The van der Waals surface area contributed by atoms with Crippen LogP contribution < -0.4 is 5.32 Å². The monoisotopic (exact) mass is 328 g/mol. The lowest BCUT2D eigenvalue weighted by Gasteiger charge is -2.33. The van der Waals surface area contributed by atoms with Crippen LogP contribution in [-0.2, 0) is 12.8 Å². The number of fused-ring (bicyclic) bond motifs is 1. The van der Waals surface area contributed by atoms with Crippen LogP contribution in [0.1, 0.15) is 40.2 Å². The summed E-state index contributed by atoms with van der Waals surface area (Å²) in [5.41, 5.74) is 2.46. The van der Waals surface area contributed by atoms with E-state index in [1.807, 2.05) is 22.4 Å². The number of carbonyl (C=O) groups is 1. The van der Waals surface area contributed by atoms with Gasteiger partial charge in [-0.25, -0.2) is 9.97 Å². The predicted octanol–water partition coefficient (Wildman–Crippen LogP) is 2.74. The van der Waals surface area contributed by atoms with Crippen molar-refractivity contribution in [3.05, 3.63) is 40.0 Å². The van der Waals surface area contributed by atoms with Crippen molar-refractivity contribution in [3.8, 4) is 0 Å². The lowest BCUT2D eigenvalue weighted by Crippen LogP contribution is -2.45. The maximum atomic E-state index is 12.5. The summed E-state index contributed by atoms with van der Waals surface area (Å²) in [6.07, 6.45) is 7.04. The van der Waals surface area contributed by atoms with Gasteiger partial charge in [-0.15, -0.1) is 11.3 Å². The van der Waals surface area contributed by atoms with Crippen molar-refractivity contribution in [2.45, 2.75) is 38.1 Å². The number of piperidine rings is 1. The van der Waals surface area contributed by atoms with Crippen molar-refractivity contribution in [2.24, 2.45) is 0 Å². The number of hydrogen-bond acceptors (Lipinski definition) is 5. The number of rotatable bonds is 3. The van der Waals surface area contributed by atoms with E-state index in [9.17, 15) is 4.79 Å². The van der Waals surface area contributed by atoms with Gasteiger partial charge < -0.3 is 10.2 Å². The fourth-order valence-corrected chi connectivity index (χ4v) is 4.20. The van der Waals surface area contributed by atoms with E-state index in [1.54, 1.807) is 6.33 Å². The van der Waals surface area contributed by atoms with Crippen molar-refractivity contribution >= 4 is 23.1 Å². The zero-order chi connectivity index (χ0) is 15.6. The van der Waals surface area contributed by atoms with Crippen molar-refractivity contribution in [3.63, 3.8) is 0 Å². The second kappa shape index (κ2) is 6.28. The van der Waals surface area contributed by atoms with E-state index in [4.69, 9.17) is 0 Å². The van der Waals surface area contributed by atoms with Crippen molar-refractivity contribution in [1.29, 1.82) is 0 Å². The predicted molar refractivity (Wildman–Crippen MR) is 90.9 cm³/mol. The SMILES string of the molecule is O=C(c1cccs1)N1CCC[C@@H](Nc2ncnc3c2CCC3)C1. The molecular formula is C17H20N4OS. The van der Waals surface area contributed by atoms with Crippen LogP contribution in [0.4, 0.5) is 5.82 Å². The Morgan fingerprint density at radius 1 is 1.30 bits per heavy atom. The molecule has 5 nitrogen and oxygen atoms in total. The van der Waals surface area contributed by atoms with E-state index in [0.29, 0.717) is 0 Å². The van der Waals surface area contributed by atoms with Crippen molar-refractivity contribution < 1.29 is 4.79 Å². The molecule has 0 radical (unpaired) electrons. The average Bonchev–Trinajstić information content (AvgIpc) is 3.26. The smallest absolute Gasteiger partial charge is 0.263 e. The topological polar surface area (TPSA) is 58.1 Å². The molecule has 6 heteroatoms. The highest BCUT2D eigenvalue weighted by molar-refractivity contribution is 7.12. The van der Waals surface area contributed by atoms with E-state index in [1.165, 1.54) is 22.6 Å². The van der Waals surface area contributed by atoms with Crippen LogP contribution >= 0.6 is 11.3 Å². The van der Waals surface area contributed by atoms with Gasteiger partial charge in [0.15, 0.2) is 0 Å². The van der Waals surface area contributed by atoms with Gasteiger partial charge in [-0.3, -0.25) is 4.79 Å². The van der Waals surface area contributed by atoms with Crippen LogP contribution in [0.2, 0.25) is 0 Å². The second-order valence-electron chi connectivity index (χ2n) is 6.21. The summed E-state index contributed by atoms with van der Waals surface area (Å²) in [4.78, 5) is 24.1. The standard InChI is InChI=1S/C17H20N4OS/c22-17(15-7-3-9-23-15)21-8-2-4-12(10-21)20-16-13-5-1-6-14(13)18-11-19-16/h3,7,9,11-12H,1-2,4-6,8,10H2,(H,18,19,20)/t12-/m1/s1. The minimum atomic E-state index is 0.152. The quantitative estimate of drug-likeness (QED) is 0.941. The number of nitrogens with zero attached hydrogens (tertiary/aromatic N) is 3. The highest BCUT2D eigenvalue weighted by Gasteiger charge is 2.26. The lowest BCUT2D eigenvalue weighted by molar-refractivity contribution is 0.0719. The Labute approximate surface area is 139 Å². The second-order valence-corrected chi connectivity index (χ2v) is 7.16. The van der Waals surface area contributed by atoms with Gasteiger partial charge >= 0.3 is 0 Å². The fourth-order valence-electron chi connectivity index (χ4n) is 3.51. The van der Waals surface area contributed by atoms with Crippen molar-refractivity contribution in [2.75, 3.05) is 18.4 Å². The first-order valence-electron chi connectivity index (χ1n) is 8.23. The molecule has 1 aliphatic heterocycles. The van der Waals surface area contributed by atoms with Gasteiger partial charge in [0.25, 0.3) is 5.91 Å². The number of thiophene rings is 1. The summed E-state index contributed by atoms with van der Waals surface area (Å²) in [7, 11) is 0. The molecule has 120 valence electrons. The summed E-state index contributed by atoms with van der Waals surface area (Å²) < 4.78 is 0. The van der Waals surface area contributed by atoms with E-state index in [-0.39, 0.29) is 11.9 Å². The number of likely N-dealkylation sites (tertiary alicyclic amines) is 1. The molecule has 1 fully saturated rings. The van der Waals surface area contributed by atoms with Gasteiger partial charge in [-0.1, -0.05) is 6.07 Å². The summed E-state index contributed by atoms with van der Waals surface area (Å²) in [6.45, 7) is 1.59. The molecule has 0 aromatic carbocycles. The average molecular weight is 328 g/mol. The number of hydrogen-bond donors (Lipinski definition) is 1. The third-order valence-electron chi connectivity index (χ3n) is 4.66. The molecule has 0 saturated carbocycles. The molecule has 2 aromatic heterocycles. The molecule has 0 unspecified atom stereocenters. The van der Waals surface area contributed by atoms with Crippen LogP contribution in [0.25, 0.3) is 0 Å². The third kappa shape index (κ3) is 2.95. The van der Waals surface area contributed by atoms with E-state index in [0.717, 1.165) is 55.9 Å². The number of aryl methyl sites for hydroxylation is 1. The Hall–Kier alpha value is -1.95. The molecule has 0 bridgehead atoms. The van der Waals surface area contributed by atoms with Crippen molar-refractivity contribution in [1.82, 2.24) is 14.9 Å². The first-order chi connectivity index (χ1) is 11.3. The maximum absolute atomic E-state index is 12.5. The van der Waals surface area contributed by atoms with Gasteiger partial charge in [0.05, 0.1) is 4.88 Å². The molecule has 2 aliphatic rings. The fraction of sp³-hybridized carbons (Fsp3) is 0.471. The van der Waals surface area contributed by atoms with E-state index < -0.39 is 0 Å². The Kier molecular flexibility index (Phi) is 3.99. The number of aromatic nitrogens is 2. The molecule has 23 heavy (non-hydrogen) atoms. The van der Waals surface area contributed by atoms with Crippen LogP contribution in [0.15, 0.2) is 23.8 Å². The van der Waals surface area contributed by atoms with Gasteiger partial charge in [-0.05, 0) is 43.6 Å². The minimum absolute atomic E-state index is 0.152. The first-order valence-corrected chi connectivity index (χ1v) is 9.11. The lowest BCUT2D eigenvalue weighted by atomic mass is 10.0. The van der Waals surface area contributed by atoms with Gasteiger partial charge in [-0.2, -0.15) is 0 Å². The number of amides is 1. The van der Waals surface area contributed by atoms with Crippen LogP contribution in [0.5, 0.6) is 0 Å². The van der Waals surface area contributed by atoms with Gasteiger partial charge in [0.2, 0.25) is 0 Å². The van der Waals surface area contributed by atoms with Crippen LogP contribution in [-0.4, -0.2) is 39.9 Å². The molecular weight excluding hydrogens is 308 g/mol. The molecule has 1 amide bonds. The van der Waals surface area contributed by atoms with E-state index >= 15 is 0 Å². The molecule has 3 heterocycles. The minimum Gasteiger partial charge on any atom is -0.365 e. The number of nitrogens with one attached hydrogen (secondary N) is 1. The van der Waals surface area contributed by atoms with Crippen LogP contribution in [0, 0.1) is 0 Å². The molecule has 1 aliphatic carbocycles. The zero-order valence-corrected chi connectivity index (χ0v) is 13.8. The molecule has 1 saturated heterocycles. The Morgan fingerprint density at radius 2 is 2.26 bits per heavy atom. The molecule has 2 aromatic rings. The van der Waals surface area contributed by atoms with Crippen LogP contribution in [0.3, 0.4) is 0 Å². The molecule has 1 atom stereocenters. The highest BCUT2D eigenvalue weighted by Crippen LogP contribution is 2.27. The summed E-state index contributed by atoms with van der Waals surface area (Å²) in [5.74, 6) is 1.13. The highest BCUT2D eigenvalue weighted by atomic mass is 32.1. The molecule has 4 rings (SSSR count). The summed E-state index contributed by atoms with van der Waals surface area (Å²) in [6, 6.07) is 4.11. The zero-order valence-electron chi connectivity index (χ0n) is 13.0. The van der Waals surface area contributed by atoms with Gasteiger partial charge in [0.1, 0.15) is 12.1 Å². The van der Waals surface area contributed by atoms with Gasteiger partial charge in [0, 0.05) is 30.4 Å². The Bertz CT molecular complexity index is 701. The molecule has 1 N–H and O–H groups in total. The third-order valence-corrected chi connectivity index (χ3v) is 5.51. The summed E-state index contributed by atoms with van der Waals surface area (Å²) >= 11 is 1.51. The number of anilines is 1. The first kappa shape index (κ1) is 14.6. The molecule has 0 spiro atoms. The summed E-state index contributed by atoms with van der Waals surface area (Å²) in [5, 5.41) is 5.53. The normalized spacial score (nSPS) is 20.3. The Morgan fingerprint density at radius 3 is 3.13 bits per heavy atom. The largest absolute Gasteiger partial charge is 0.365 e. The maximum Gasteiger partial charge on any atom is 0.263 e. The van der Waals surface area contributed by atoms with E-state index in [2.05, 4.69) is 15.3 Å². The Balaban J connectivity index is 1.46. The number of carbonyl (C=O) groups excluding carboxylic acids is 1.